The summed E-state index contributed by atoms with van der Waals surface area (Å²) in [7, 11) is 10.4. The van der Waals surface area contributed by atoms with Crippen LogP contribution in [0.2, 0.25) is 0 Å². The van der Waals surface area contributed by atoms with Crippen molar-refractivity contribution in [2.75, 3.05) is 0 Å². The zero-order valence-corrected chi connectivity index (χ0v) is 67.3. The third kappa shape index (κ3) is 16.6. The molecule has 0 atom stereocenters. The molecular weight excluding hydrogens is 1300 g/mol. The van der Waals surface area contributed by atoms with Crippen LogP contribution in [0.5, 0.6) is 0 Å². The van der Waals surface area contributed by atoms with E-state index in [0.29, 0.717) is 22.6 Å². The molecule has 5 nitrogen and oxygen atoms in total. The standard InChI is InChI=1S/C23H28N.C22H26N.C21H24N.C19H20N.C17H16N/c1-15(2)12-19-8-7-9-22-20(19)10-11-23(24(22)6)21-14-16(3)13-17(4)18(21)5;1-14(2)18-7-8-20-19(13-18)9-10-23(6)22(20)21-12-15(3)11-16(4)17(21)5;1-13-10-15(3)17(5)18(11-13)20-12-16(4)21-14(2)8-7-9-19(21)22(20)6;1-13-11-14(2)15(3)18(12-13)19-17-8-6-5-7-16(17)9-10-20(19)4;1-13-7-3-5-9-15(13)17-16-10-6-4-8-14(16)11-12-18(17)2/h7-11,13-15H,12H2,1-6H3;7-14H,1-6H3;7-12H,1-6H3;5-12H,1-4H3;3-12H,1-2H3/q5*+1/i4D3,12D2;;3D3;;. The molecule has 0 N–H and O–H groups in total. The van der Waals surface area contributed by atoms with Crippen LogP contribution in [0.15, 0.2) is 231 Å². The second-order valence-corrected chi connectivity index (χ2v) is 30.4. The third-order valence-electron chi connectivity index (χ3n) is 21.5. The van der Waals surface area contributed by atoms with Gasteiger partial charge in [0.2, 0.25) is 39.5 Å². The third-order valence-corrected chi connectivity index (χ3v) is 21.5. The molecule has 0 spiro atoms. The number of rotatable bonds is 8. The highest BCUT2D eigenvalue weighted by molar-refractivity contribution is 5.96. The molecule has 0 fully saturated rings. The maximum Gasteiger partial charge on any atom is 0.220 e. The zero-order chi connectivity index (χ0) is 83.8. The fraction of sp³-hybridized carbons (Fsp3) is 0.265. The maximum atomic E-state index is 8.55. The van der Waals surface area contributed by atoms with Crippen LogP contribution in [0.4, 0.5) is 0 Å². The van der Waals surface area contributed by atoms with Crippen LogP contribution < -0.4 is 22.8 Å². The van der Waals surface area contributed by atoms with Gasteiger partial charge >= 0.3 is 0 Å². The van der Waals surface area contributed by atoms with E-state index < -0.39 is 20.1 Å². The molecule has 0 aliphatic carbocycles. The second-order valence-electron chi connectivity index (χ2n) is 30.4. The molecule has 0 radical (unpaired) electrons. The number of aryl methyl sites for hydroxylation is 16. The summed E-state index contributed by atoms with van der Waals surface area (Å²) in [6, 6.07) is 74.0. The second kappa shape index (κ2) is 32.9. The molecule has 0 saturated heterocycles. The predicted molar refractivity (Wildman–Crippen MR) is 456 cm³/mol. The Morgan fingerprint density at radius 3 is 1.26 bits per heavy atom. The number of hydrogen-bond donors (Lipinski definition) is 0. The molecule has 0 aliphatic rings. The lowest BCUT2D eigenvalue weighted by Gasteiger charge is -2.12. The Labute approximate surface area is 651 Å². The van der Waals surface area contributed by atoms with Crippen molar-refractivity contribution in [2.24, 2.45) is 41.2 Å². The molecule has 0 unspecified atom stereocenters. The summed E-state index contributed by atoms with van der Waals surface area (Å²) in [6.45, 7) is 31.2. The van der Waals surface area contributed by atoms with Gasteiger partial charge in [0.15, 0.2) is 18.6 Å². The highest BCUT2D eigenvalue weighted by Gasteiger charge is 2.25. The number of aromatic nitrogens is 5. The summed E-state index contributed by atoms with van der Waals surface area (Å²) in [5.41, 5.74) is 31.9. The van der Waals surface area contributed by atoms with Crippen molar-refractivity contribution < 1.29 is 33.8 Å². The van der Waals surface area contributed by atoms with Gasteiger partial charge < -0.3 is 0 Å². The van der Waals surface area contributed by atoms with Crippen LogP contribution in [0.25, 0.3) is 110 Å². The minimum absolute atomic E-state index is 0.154. The molecule has 5 aromatic heterocycles. The van der Waals surface area contributed by atoms with Crippen molar-refractivity contribution in [1.29, 1.82) is 0 Å². The Hall–Kier alpha value is -10.8. The summed E-state index contributed by atoms with van der Waals surface area (Å²) < 4.78 is 75.1. The maximum absolute atomic E-state index is 8.55. The van der Waals surface area contributed by atoms with Crippen LogP contribution in [0.3, 0.4) is 0 Å². The molecule has 5 heterocycles. The van der Waals surface area contributed by atoms with Gasteiger partial charge in [0.1, 0.15) is 35.2 Å². The Morgan fingerprint density at radius 2 is 0.738 bits per heavy atom. The van der Waals surface area contributed by atoms with E-state index in [9.17, 15) is 0 Å². The van der Waals surface area contributed by atoms with Gasteiger partial charge in [0.05, 0.1) is 32.7 Å². The number of pyridine rings is 5. The van der Waals surface area contributed by atoms with Crippen LogP contribution in [-0.2, 0) is 41.6 Å². The zero-order valence-electron chi connectivity index (χ0n) is 75.3. The summed E-state index contributed by atoms with van der Waals surface area (Å²) in [5, 5.41) is 9.97. The first-order valence-electron chi connectivity index (χ1n) is 41.6. The minimum atomic E-state index is -2.17. The van der Waals surface area contributed by atoms with Crippen molar-refractivity contribution in [2.45, 2.75) is 144 Å². The number of benzene rings is 10. The molecule has 15 rings (SSSR count). The van der Waals surface area contributed by atoms with Gasteiger partial charge in [-0.05, 0) is 265 Å². The van der Waals surface area contributed by atoms with Gasteiger partial charge in [-0.15, -0.1) is 0 Å². The van der Waals surface area contributed by atoms with Crippen molar-refractivity contribution >= 4 is 54.1 Å². The quantitative estimate of drug-likeness (QED) is 0.135. The van der Waals surface area contributed by atoms with Gasteiger partial charge in [-0.2, -0.15) is 9.13 Å². The van der Waals surface area contributed by atoms with E-state index >= 15 is 0 Å². The van der Waals surface area contributed by atoms with Gasteiger partial charge in [0, 0.05) is 75.5 Å². The minimum Gasteiger partial charge on any atom is -0.200 e. The number of fused-ring (bicyclic) bond motifs is 5. The molecule has 0 bridgehead atoms. The molecule has 107 heavy (non-hydrogen) atoms. The van der Waals surface area contributed by atoms with Crippen molar-refractivity contribution in [1.82, 2.24) is 0 Å². The Kier molecular flexibility index (Phi) is 20.6. The molecule has 10 aromatic carbocycles. The highest BCUT2D eigenvalue weighted by atomic mass is 15.0. The monoisotopic (exact) mass is 1420 g/mol. The van der Waals surface area contributed by atoms with Gasteiger partial charge in [0.25, 0.3) is 0 Å². The van der Waals surface area contributed by atoms with Crippen molar-refractivity contribution in [3.8, 4) is 56.3 Å². The van der Waals surface area contributed by atoms with Gasteiger partial charge in [-0.3, -0.25) is 0 Å². The summed E-state index contributed by atoms with van der Waals surface area (Å²) in [5.74, 6) is 0.402. The van der Waals surface area contributed by atoms with Gasteiger partial charge in [-0.1, -0.05) is 165 Å². The predicted octanol–water partition coefficient (Wildman–Crippen LogP) is 23.6. The fourth-order valence-electron chi connectivity index (χ4n) is 15.4. The van der Waals surface area contributed by atoms with Crippen LogP contribution >= 0.6 is 0 Å². The molecule has 0 saturated carbocycles. The molecule has 5 heteroatoms. The normalized spacial score (nSPS) is 12.7. The summed E-state index contributed by atoms with van der Waals surface area (Å²) >= 11 is 0. The fourth-order valence-corrected chi connectivity index (χ4v) is 15.4. The first-order chi connectivity index (χ1) is 54.2. The molecule has 0 aliphatic heterocycles. The van der Waals surface area contributed by atoms with Crippen LogP contribution in [-0.4, -0.2) is 0 Å². The average Bonchev–Trinajstić information content (AvgIpc) is 0.762. The number of hydrogen-bond acceptors (Lipinski definition) is 0. The average molecular weight is 1420 g/mol. The smallest absolute Gasteiger partial charge is 0.200 e. The van der Waals surface area contributed by atoms with E-state index in [1.54, 1.807) is 12.1 Å². The Bertz CT molecular complexity index is 6220. The molecular formula is C102H114N5+5. The largest absolute Gasteiger partial charge is 0.220 e. The Balaban J connectivity index is 0.000000143. The van der Waals surface area contributed by atoms with Gasteiger partial charge in [-0.25, -0.2) is 13.7 Å². The highest BCUT2D eigenvalue weighted by Crippen LogP contribution is 2.36. The van der Waals surface area contributed by atoms with Crippen molar-refractivity contribution in [3.05, 3.63) is 325 Å². The lowest BCUT2D eigenvalue weighted by atomic mass is 9.93. The first kappa shape index (κ1) is 66.9. The molecule has 542 valence electrons. The summed E-state index contributed by atoms with van der Waals surface area (Å²) in [6.07, 6.45) is 5.01. The SMILES string of the molecule is Cc1cc(C)c(C)c(-c2c3ccc(C(C)C)cc3cc[n+]2C)c1.Cc1cc(C)c(C)c(-c2c3ccccc3cc[n+]2C)c1.Cc1ccccc1-c1c2ccccc2cc[n+]1C.[2H]C([2H])([2H])c1cc(C)cc(-c2cc(C)c3c(C)cccc3[n+]2C)c1C.[2H]C([2H])([2H])c1cc(C)cc(-c2ccc3c(C([2H])([2H])C(C)C)cccc3[n+]2C)c1C. The lowest BCUT2D eigenvalue weighted by Crippen LogP contribution is -2.32. The van der Waals surface area contributed by atoms with E-state index in [2.05, 4.69) is 298 Å². The van der Waals surface area contributed by atoms with E-state index in [-0.39, 0.29) is 5.92 Å². The first-order valence-corrected chi connectivity index (χ1v) is 37.6. The summed E-state index contributed by atoms with van der Waals surface area (Å²) in [4.78, 5) is 0. The van der Waals surface area contributed by atoms with E-state index in [0.717, 1.165) is 61.2 Å². The van der Waals surface area contributed by atoms with Crippen molar-refractivity contribution in [3.63, 3.8) is 0 Å². The van der Waals surface area contributed by atoms with E-state index in [1.807, 2.05) is 96.6 Å². The molecule has 0 amide bonds. The van der Waals surface area contributed by atoms with E-state index in [4.69, 9.17) is 11.0 Å². The van der Waals surface area contributed by atoms with E-state index in [1.165, 1.54) is 127 Å². The van der Waals surface area contributed by atoms with Crippen LogP contribution in [0, 0.1) is 110 Å². The lowest BCUT2D eigenvalue weighted by molar-refractivity contribution is -0.659. The van der Waals surface area contributed by atoms with Crippen LogP contribution in [0.1, 0.15) is 139 Å². The number of nitrogens with zero attached hydrogens (tertiary/aromatic N) is 5. The topological polar surface area (TPSA) is 19.4 Å². The Morgan fingerprint density at radius 1 is 0.318 bits per heavy atom. The molecule has 15 aromatic rings.